The molecule has 18 heavy (non-hydrogen) atoms. The van der Waals surface area contributed by atoms with Crippen molar-refractivity contribution in [2.24, 2.45) is 0 Å². The number of phenols is 1. The Morgan fingerprint density at radius 1 is 1.39 bits per heavy atom. The van der Waals surface area contributed by atoms with Gasteiger partial charge in [-0.3, -0.25) is 0 Å². The number of methoxy groups -OCH3 is 1. The standard InChI is InChI=1S/C14H17NO3/c1-10(14-4-3-7-18-14)15-9-11-8-12(17-2)5-6-13(11)16/h3-8,10,15-16H,9H2,1-2H3/t10-/m1/s1. The van der Waals surface area contributed by atoms with Crippen LogP contribution in [0, 0.1) is 0 Å². The van der Waals surface area contributed by atoms with Gasteiger partial charge in [-0.1, -0.05) is 0 Å². The summed E-state index contributed by atoms with van der Waals surface area (Å²) in [7, 11) is 1.61. The fourth-order valence-corrected chi connectivity index (χ4v) is 1.73. The quantitative estimate of drug-likeness (QED) is 0.853. The van der Waals surface area contributed by atoms with Crippen LogP contribution in [0.15, 0.2) is 41.0 Å². The molecule has 0 fully saturated rings. The molecule has 1 aromatic heterocycles. The van der Waals surface area contributed by atoms with Crippen LogP contribution >= 0.6 is 0 Å². The number of phenolic OH excluding ortho intramolecular Hbond substituents is 1. The number of hydrogen-bond donors (Lipinski definition) is 2. The molecule has 0 saturated heterocycles. The zero-order chi connectivity index (χ0) is 13.0. The second-order valence-corrected chi connectivity index (χ2v) is 4.11. The van der Waals surface area contributed by atoms with Crippen LogP contribution in [0.3, 0.4) is 0 Å². The van der Waals surface area contributed by atoms with Gasteiger partial charge in [0.15, 0.2) is 0 Å². The lowest BCUT2D eigenvalue weighted by molar-refractivity contribution is 0.405. The molecular formula is C14H17NO3. The third-order valence-corrected chi connectivity index (χ3v) is 2.86. The Morgan fingerprint density at radius 2 is 2.22 bits per heavy atom. The van der Waals surface area contributed by atoms with Gasteiger partial charge in [0, 0.05) is 12.1 Å². The lowest BCUT2D eigenvalue weighted by Gasteiger charge is -2.13. The maximum atomic E-state index is 9.75. The van der Waals surface area contributed by atoms with Crippen LogP contribution in [0.2, 0.25) is 0 Å². The van der Waals surface area contributed by atoms with E-state index >= 15 is 0 Å². The summed E-state index contributed by atoms with van der Waals surface area (Å²) in [6.45, 7) is 2.56. The van der Waals surface area contributed by atoms with Crippen molar-refractivity contribution in [2.75, 3.05) is 7.11 Å². The predicted octanol–water partition coefficient (Wildman–Crippen LogP) is 2.84. The Bertz CT molecular complexity index is 494. The highest BCUT2D eigenvalue weighted by atomic mass is 16.5. The molecule has 0 bridgehead atoms. The summed E-state index contributed by atoms with van der Waals surface area (Å²) in [6.07, 6.45) is 1.65. The van der Waals surface area contributed by atoms with E-state index in [0.29, 0.717) is 6.54 Å². The van der Waals surface area contributed by atoms with Crippen LogP contribution in [-0.2, 0) is 6.54 Å². The van der Waals surface area contributed by atoms with E-state index in [4.69, 9.17) is 9.15 Å². The van der Waals surface area contributed by atoms with E-state index in [-0.39, 0.29) is 11.8 Å². The molecule has 1 aromatic carbocycles. The zero-order valence-electron chi connectivity index (χ0n) is 10.5. The number of rotatable bonds is 5. The van der Waals surface area contributed by atoms with Crippen molar-refractivity contribution >= 4 is 0 Å². The molecular weight excluding hydrogens is 230 g/mol. The molecule has 0 unspecified atom stereocenters. The molecule has 0 aliphatic carbocycles. The third kappa shape index (κ3) is 2.84. The van der Waals surface area contributed by atoms with E-state index in [1.54, 1.807) is 25.5 Å². The SMILES string of the molecule is COc1ccc(O)c(CN[C@H](C)c2ccco2)c1. The van der Waals surface area contributed by atoms with E-state index in [1.807, 2.05) is 25.1 Å². The van der Waals surface area contributed by atoms with Gasteiger partial charge in [0.05, 0.1) is 19.4 Å². The Kier molecular flexibility index (Phi) is 3.89. The average molecular weight is 247 g/mol. The van der Waals surface area contributed by atoms with Gasteiger partial charge in [-0.05, 0) is 37.3 Å². The smallest absolute Gasteiger partial charge is 0.120 e. The molecule has 1 heterocycles. The van der Waals surface area contributed by atoms with Gasteiger partial charge in [0.1, 0.15) is 17.3 Å². The molecule has 2 N–H and O–H groups in total. The maximum Gasteiger partial charge on any atom is 0.120 e. The molecule has 1 atom stereocenters. The molecule has 0 spiro atoms. The van der Waals surface area contributed by atoms with Crippen LogP contribution < -0.4 is 10.1 Å². The van der Waals surface area contributed by atoms with Crippen molar-refractivity contribution in [3.8, 4) is 11.5 Å². The Balaban J connectivity index is 2.01. The van der Waals surface area contributed by atoms with E-state index < -0.39 is 0 Å². The molecule has 0 aliphatic heterocycles. The van der Waals surface area contributed by atoms with Crippen LogP contribution in [-0.4, -0.2) is 12.2 Å². The lowest BCUT2D eigenvalue weighted by Crippen LogP contribution is -2.17. The monoisotopic (exact) mass is 247 g/mol. The summed E-state index contributed by atoms with van der Waals surface area (Å²) in [6, 6.07) is 9.05. The summed E-state index contributed by atoms with van der Waals surface area (Å²) in [4.78, 5) is 0. The van der Waals surface area contributed by atoms with Gasteiger partial charge in [-0.15, -0.1) is 0 Å². The topological polar surface area (TPSA) is 54.6 Å². The first-order valence-electron chi connectivity index (χ1n) is 5.83. The van der Waals surface area contributed by atoms with Gasteiger partial charge in [0.2, 0.25) is 0 Å². The minimum absolute atomic E-state index is 0.0885. The first-order valence-corrected chi connectivity index (χ1v) is 5.83. The number of aromatic hydroxyl groups is 1. The maximum absolute atomic E-state index is 9.75. The van der Waals surface area contributed by atoms with Gasteiger partial charge in [-0.2, -0.15) is 0 Å². The van der Waals surface area contributed by atoms with Gasteiger partial charge in [0.25, 0.3) is 0 Å². The highest BCUT2D eigenvalue weighted by molar-refractivity contribution is 5.39. The summed E-state index contributed by atoms with van der Waals surface area (Å²) >= 11 is 0. The fourth-order valence-electron chi connectivity index (χ4n) is 1.73. The number of hydrogen-bond acceptors (Lipinski definition) is 4. The van der Waals surface area contributed by atoms with Crippen molar-refractivity contribution in [1.82, 2.24) is 5.32 Å². The Morgan fingerprint density at radius 3 is 2.89 bits per heavy atom. The van der Waals surface area contributed by atoms with E-state index in [2.05, 4.69) is 5.32 Å². The van der Waals surface area contributed by atoms with Crippen LogP contribution in [0.1, 0.15) is 24.3 Å². The Hall–Kier alpha value is -1.94. The van der Waals surface area contributed by atoms with Crippen molar-refractivity contribution in [3.63, 3.8) is 0 Å². The van der Waals surface area contributed by atoms with E-state index in [9.17, 15) is 5.11 Å². The summed E-state index contributed by atoms with van der Waals surface area (Å²) in [5, 5.41) is 13.0. The van der Waals surface area contributed by atoms with E-state index in [1.165, 1.54) is 0 Å². The van der Waals surface area contributed by atoms with E-state index in [0.717, 1.165) is 17.1 Å². The van der Waals surface area contributed by atoms with Crippen molar-refractivity contribution in [2.45, 2.75) is 19.5 Å². The van der Waals surface area contributed by atoms with Crippen LogP contribution in [0.25, 0.3) is 0 Å². The number of furan rings is 1. The molecule has 0 saturated carbocycles. The summed E-state index contributed by atoms with van der Waals surface area (Å²) in [5.41, 5.74) is 0.799. The predicted molar refractivity (Wildman–Crippen MR) is 68.6 cm³/mol. The molecule has 4 heteroatoms. The molecule has 0 aliphatic rings. The normalized spacial score (nSPS) is 12.3. The van der Waals surface area contributed by atoms with Gasteiger partial charge >= 0.3 is 0 Å². The van der Waals surface area contributed by atoms with Crippen molar-refractivity contribution < 1.29 is 14.3 Å². The van der Waals surface area contributed by atoms with Crippen LogP contribution in [0.5, 0.6) is 11.5 Å². The Labute approximate surface area is 106 Å². The molecule has 4 nitrogen and oxygen atoms in total. The van der Waals surface area contributed by atoms with Crippen LogP contribution in [0.4, 0.5) is 0 Å². The fraction of sp³-hybridized carbons (Fsp3) is 0.286. The van der Waals surface area contributed by atoms with Crippen molar-refractivity contribution in [1.29, 1.82) is 0 Å². The minimum atomic E-state index is 0.0885. The highest BCUT2D eigenvalue weighted by Crippen LogP contribution is 2.23. The molecule has 2 rings (SSSR count). The average Bonchev–Trinajstić information content (AvgIpc) is 2.91. The second-order valence-electron chi connectivity index (χ2n) is 4.11. The third-order valence-electron chi connectivity index (χ3n) is 2.86. The largest absolute Gasteiger partial charge is 0.508 e. The minimum Gasteiger partial charge on any atom is -0.508 e. The number of ether oxygens (including phenoxy) is 1. The second kappa shape index (κ2) is 5.60. The first kappa shape index (κ1) is 12.5. The lowest BCUT2D eigenvalue weighted by atomic mass is 10.1. The molecule has 2 aromatic rings. The first-order chi connectivity index (χ1) is 8.70. The number of nitrogens with one attached hydrogen (secondary N) is 1. The van der Waals surface area contributed by atoms with Crippen molar-refractivity contribution in [3.05, 3.63) is 47.9 Å². The van der Waals surface area contributed by atoms with Gasteiger partial charge < -0.3 is 19.6 Å². The number of benzene rings is 1. The zero-order valence-corrected chi connectivity index (χ0v) is 10.5. The summed E-state index contributed by atoms with van der Waals surface area (Å²) < 4.78 is 10.4. The molecule has 0 amide bonds. The highest BCUT2D eigenvalue weighted by Gasteiger charge is 2.09. The molecule has 96 valence electrons. The van der Waals surface area contributed by atoms with Gasteiger partial charge in [-0.25, -0.2) is 0 Å². The molecule has 0 radical (unpaired) electrons. The summed E-state index contributed by atoms with van der Waals surface area (Å²) in [5.74, 6) is 1.86.